The Labute approximate surface area is 111 Å². The first-order chi connectivity index (χ1) is 8.80. The van der Waals surface area contributed by atoms with E-state index < -0.39 is 0 Å². The first-order valence-electron chi connectivity index (χ1n) is 5.51. The van der Waals surface area contributed by atoms with E-state index in [0.717, 1.165) is 22.6 Å². The topological polar surface area (TPSA) is 82.2 Å². The zero-order chi connectivity index (χ0) is 13.0. The normalized spacial score (nSPS) is 9.42. The van der Waals surface area contributed by atoms with Gasteiger partial charge in [0.1, 0.15) is 11.5 Å². The van der Waals surface area contributed by atoms with Crippen molar-refractivity contribution in [2.75, 3.05) is 19.7 Å². The third-order valence-electron chi connectivity index (χ3n) is 2.71. The largest absolute Gasteiger partial charge is 0.496 e. The summed E-state index contributed by atoms with van der Waals surface area (Å²) in [5, 5.41) is 8.95. The van der Waals surface area contributed by atoms with Gasteiger partial charge >= 0.3 is 0 Å². The van der Waals surface area contributed by atoms with Crippen molar-refractivity contribution in [1.82, 2.24) is 0 Å². The van der Waals surface area contributed by atoms with Gasteiger partial charge < -0.3 is 14.9 Å². The highest BCUT2D eigenvalue weighted by atomic mass is 16.5. The van der Waals surface area contributed by atoms with Crippen molar-refractivity contribution < 1.29 is 20.2 Å². The molecular weight excluding hydrogens is 246 g/mol. The number of methoxy groups -OCH3 is 2. The molecule has 0 aromatic heterocycles. The molecule has 5 nitrogen and oxygen atoms in total. The lowest BCUT2D eigenvalue weighted by Gasteiger charge is -2.13. The lowest BCUT2D eigenvalue weighted by atomic mass is 10.0. The Kier molecular flexibility index (Phi) is 5.17. The van der Waals surface area contributed by atoms with Gasteiger partial charge in [-0.1, -0.05) is 18.2 Å². The summed E-state index contributed by atoms with van der Waals surface area (Å²) in [5.41, 5.74) is 4.51. The molecule has 2 aromatic rings. The van der Waals surface area contributed by atoms with E-state index >= 15 is 0 Å². The van der Waals surface area contributed by atoms with Crippen LogP contribution in [0, 0.1) is 0 Å². The molecule has 102 valence electrons. The van der Waals surface area contributed by atoms with E-state index in [1.165, 1.54) is 0 Å². The first-order valence-corrected chi connectivity index (χ1v) is 5.51. The Morgan fingerprint density at radius 1 is 0.947 bits per heavy atom. The standard InChI is InChI=1S/C14H15NO3.H2O/c1-17-12-7-4-8-13(18-2)14(12)10-5-3-6-11(9-10)15-16;/h3-9,15-16H,1-2H3;1H2. The number of rotatable bonds is 4. The van der Waals surface area contributed by atoms with Gasteiger partial charge in [0.05, 0.1) is 25.5 Å². The molecule has 4 N–H and O–H groups in total. The van der Waals surface area contributed by atoms with E-state index in [9.17, 15) is 0 Å². The Balaban J connectivity index is 0.00000180. The molecule has 0 unspecified atom stereocenters. The zero-order valence-electron chi connectivity index (χ0n) is 10.8. The van der Waals surface area contributed by atoms with Crippen LogP contribution in [0.25, 0.3) is 11.1 Å². The van der Waals surface area contributed by atoms with Gasteiger partial charge in [-0.2, -0.15) is 0 Å². The lowest BCUT2D eigenvalue weighted by Crippen LogP contribution is -1.94. The Hall–Kier alpha value is -2.24. The van der Waals surface area contributed by atoms with Crippen molar-refractivity contribution in [2.24, 2.45) is 0 Å². The van der Waals surface area contributed by atoms with Crippen molar-refractivity contribution in [1.29, 1.82) is 0 Å². The van der Waals surface area contributed by atoms with Gasteiger partial charge in [-0.05, 0) is 29.8 Å². The van der Waals surface area contributed by atoms with Gasteiger partial charge in [0.2, 0.25) is 0 Å². The van der Waals surface area contributed by atoms with E-state index in [1.807, 2.05) is 36.4 Å². The summed E-state index contributed by atoms with van der Waals surface area (Å²) in [6.07, 6.45) is 0. The van der Waals surface area contributed by atoms with Gasteiger partial charge in [-0.15, -0.1) is 0 Å². The smallest absolute Gasteiger partial charge is 0.130 e. The summed E-state index contributed by atoms with van der Waals surface area (Å²) in [6, 6.07) is 13.0. The highest BCUT2D eigenvalue weighted by Gasteiger charge is 2.12. The van der Waals surface area contributed by atoms with Crippen LogP contribution in [0.5, 0.6) is 11.5 Å². The van der Waals surface area contributed by atoms with Crippen LogP contribution in [0.2, 0.25) is 0 Å². The van der Waals surface area contributed by atoms with Crippen molar-refractivity contribution in [2.45, 2.75) is 0 Å². The fourth-order valence-electron chi connectivity index (χ4n) is 1.88. The molecule has 19 heavy (non-hydrogen) atoms. The Bertz CT molecular complexity index is 520. The molecule has 0 fully saturated rings. The Morgan fingerprint density at radius 2 is 1.53 bits per heavy atom. The molecule has 0 aliphatic heterocycles. The van der Waals surface area contributed by atoms with Crippen molar-refractivity contribution in [3.63, 3.8) is 0 Å². The zero-order valence-corrected chi connectivity index (χ0v) is 10.8. The van der Waals surface area contributed by atoms with Crippen LogP contribution in [-0.4, -0.2) is 24.9 Å². The number of hydrogen-bond donors (Lipinski definition) is 2. The molecule has 0 aliphatic carbocycles. The van der Waals surface area contributed by atoms with E-state index in [-0.39, 0.29) is 5.48 Å². The molecule has 2 aromatic carbocycles. The average Bonchev–Trinajstić information content (AvgIpc) is 2.46. The van der Waals surface area contributed by atoms with Crippen LogP contribution in [0.4, 0.5) is 5.69 Å². The van der Waals surface area contributed by atoms with E-state index in [0.29, 0.717) is 5.69 Å². The quantitative estimate of drug-likeness (QED) is 0.829. The molecule has 0 spiro atoms. The Morgan fingerprint density at radius 3 is 2.05 bits per heavy atom. The fraction of sp³-hybridized carbons (Fsp3) is 0.143. The lowest BCUT2D eigenvalue weighted by molar-refractivity contribution is 0.389. The molecule has 0 radical (unpaired) electrons. The predicted molar refractivity (Wildman–Crippen MR) is 74.0 cm³/mol. The average molecular weight is 263 g/mol. The van der Waals surface area contributed by atoms with E-state index in [1.54, 1.807) is 20.3 Å². The molecular formula is C14H17NO4. The highest BCUT2D eigenvalue weighted by molar-refractivity contribution is 5.78. The van der Waals surface area contributed by atoms with Crippen molar-refractivity contribution in [3.8, 4) is 22.6 Å². The monoisotopic (exact) mass is 263 g/mol. The second-order valence-electron chi connectivity index (χ2n) is 3.73. The SMILES string of the molecule is COc1cccc(OC)c1-c1cccc(NO)c1.O. The maximum Gasteiger partial charge on any atom is 0.130 e. The predicted octanol–water partition coefficient (Wildman–Crippen LogP) is 2.35. The van der Waals surface area contributed by atoms with Gasteiger partial charge in [-0.25, -0.2) is 0 Å². The third-order valence-corrected chi connectivity index (χ3v) is 2.71. The third kappa shape index (κ3) is 2.96. The van der Waals surface area contributed by atoms with E-state index in [4.69, 9.17) is 14.7 Å². The number of hydrogen-bond acceptors (Lipinski definition) is 4. The summed E-state index contributed by atoms with van der Waals surface area (Å²) < 4.78 is 10.7. The van der Waals surface area contributed by atoms with Crippen LogP contribution < -0.4 is 15.0 Å². The number of ether oxygens (including phenoxy) is 2. The van der Waals surface area contributed by atoms with Crippen molar-refractivity contribution in [3.05, 3.63) is 42.5 Å². The number of nitrogens with one attached hydrogen (secondary N) is 1. The molecule has 0 aliphatic rings. The molecule has 0 amide bonds. The van der Waals surface area contributed by atoms with Gasteiger partial charge in [0.25, 0.3) is 0 Å². The minimum absolute atomic E-state index is 0. The molecule has 0 saturated heterocycles. The molecule has 0 bridgehead atoms. The van der Waals surface area contributed by atoms with Crippen molar-refractivity contribution >= 4 is 5.69 Å². The summed E-state index contributed by atoms with van der Waals surface area (Å²) in [5.74, 6) is 1.45. The van der Waals surface area contributed by atoms with Crippen LogP contribution in [0.1, 0.15) is 0 Å². The molecule has 0 saturated carbocycles. The maximum atomic E-state index is 8.95. The first kappa shape index (κ1) is 14.8. The minimum Gasteiger partial charge on any atom is -0.496 e. The fourth-order valence-corrected chi connectivity index (χ4v) is 1.88. The highest BCUT2D eigenvalue weighted by Crippen LogP contribution is 2.38. The van der Waals surface area contributed by atoms with Crippen LogP contribution in [0.15, 0.2) is 42.5 Å². The summed E-state index contributed by atoms with van der Waals surface area (Å²) >= 11 is 0. The molecule has 0 heterocycles. The van der Waals surface area contributed by atoms with Gasteiger partial charge in [0.15, 0.2) is 0 Å². The summed E-state index contributed by atoms with van der Waals surface area (Å²) in [6.45, 7) is 0. The van der Waals surface area contributed by atoms with E-state index in [2.05, 4.69) is 5.48 Å². The second kappa shape index (κ2) is 6.63. The summed E-state index contributed by atoms with van der Waals surface area (Å²) in [7, 11) is 3.23. The van der Waals surface area contributed by atoms with Crippen LogP contribution >= 0.6 is 0 Å². The minimum atomic E-state index is 0. The maximum absolute atomic E-state index is 8.95. The van der Waals surface area contributed by atoms with Gasteiger partial charge in [0, 0.05) is 0 Å². The number of benzene rings is 2. The van der Waals surface area contributed by atoms with Crippen LogP contribution in [0.3, 0.4) is 0 Å². The molecule has 2 rings (SSSR count). The second-order valence-corrected chi connectivity index (χ2v) is 3.73. The summed E-state index contributed by atoms with van der Waals surface area (Å²) in [4.78, 5) is 0. The molecule has 5 heteroatoms. The van der Waals surface area contributed by atoms with Gasteiger partial charge in [-0.3, -0.25) is 10.7 Å². The number of anilines is 1. The van der Waals surface area contributed by atoms with Crippen LogP contribution in [-0.2, 0) is 0 Å². The molecule has 0 atom stereocenters.